The van der Waals surface area contributed by atoms with Crippen molar-refractivity contribution < 1.29 is 0 Å². The minimum atomic E-state index is 0.523. The van der Waals surface area contributed by atoms with Crippen LogP contribution in [0.3, 0.4) is 0 Å². The first-order valence-corrected chi connectivity index (χ1v) is 10.2. The fourth-order valence-corrected chi connectivity index (χ4v) is 3.49. The van der Waals surface area contributed by atoms with Gasteiger partial charge >= 0.3 is 0 Å². The Balaban J connectivity index is 1.60. The van der Waals surface area contributed by atoms with Crippen LogP contribution in [-0.2, 0) is 0 Å². The number of hydrogen-bond acceptors (Lipinski definition) is 3. The number of anilines is 1. The van der Waals surface area contributed by atoms with E-state index in [0.29, 0.717) is 5.70 Å². The molecule has 0 atom stereocenters. The number of aryl methyl sites for hydroxylation is 2. The molecule has 1 aromatic heterocycles. The lowest BCUT2D eigenvalue weighted by Gasteiger charge is -2.13. The Bertz CT molecular complexity index is 1320. The molecular formula is C27H26N4. The molecule has 0 radical (unpaired) electrons. The van der Waals surface area contributed by atoms with Gasteiger partial charge in [-0.3, -0.25) is 0 Å². The maximum atomic E-state index is 5.63. The summed E-state index contributed by atoms with van der Waals surface area (Å²) in [6, 6.07) is 20.6. The first-order valence-electron chi connectivity index (χ1n) is 10.2. The predicted octanol–water partition coefficient (Wildman–Crippen LogP) is 6.42. The van der Waals surface area contributed by atoms with Crippen LogP contribution in [0.5, 0.6) is 0 Å². The molecule has 0 aliphatic heterocycles. The first-order chi connectivity index (χ1) is 14.9. The molecule has 4 heteroatoms. The molecule has 0 amide bonds. The van der Waals surface area contributed by atoms with E-state index in [-0.39, 0.29) is 0 Å². The van der Waals surface area contributed by atoms with Crippen molar-refractivity contribution in [3.63, 3.8) is 0 Å². The van der Waals surface area contributed by atoms with Crippen molar-refractivity contribution in [2.75, 3.05) is 5.32 Å². The summed E-state index contributed by atoms with van der Waals surface area (Å²) in [6.45, 7) is 12.1. The van der Waals surface area contributed by atoms with Crippen molar-refractivity contribution in [3.05, 3.63) is 108 Å². The molecule has 154 valence electrons. The zero-order valence-electron chi connectivity index (χ0n) is 17.9. The second kappa shape index (κ2) is 8.36. The number of hydrogen-bond donors (Lipinski definition) is 3. The molecule has 0 aliphatic carbocycles. The minimum absolute atomic E-state index is 0.523. The van der Waals surface area contributed by atoms with Gasteiger partial charge in [-0.1, -0.05) is 49.6 Å². The van der Waals surface area contributed by atoms with Gasteiger partial charge in [-0.25, -0.2) is 4.98 Å². The van der Waals surface area contributed by atoms with Crippen LogP contribution in [0.4, 0.5) is 5.69 Å². The quantitative estimate of drug-likeness (QED) is 0.324. The highest BCUT2D eigenvalue weighted by Gasteiger charge is 2.10. The summed E-state index contributed by atoms with van der Waals surface area (Å²) in [5.41, 5.74) is 15.4. The van der Waals surface area contributed by atoms with Crippen molar-refractivity contribution in [2.24, 2.45) is 5.73 Å². The van der Waals surface area contributed by atoms with Crippen molar-refractivity contribution in [1.82, 2.24) is 9.97 Å². The van der Waals surface area contributed by atoms with Crippen LogP contribution in [0.15, 0.2) is 85.6 Å². The summed E-state index contributed by atoms with van der Waals surface area (Å²) in [6.07, 6.45) is 3.72. The number of rotatable bonds is 6. The van der Waals surface area contributed by atoms with E-state index in [1.807, 2.05) is 30.3 Å². The number of fused-ring (bicyclic) bond motifs is 1. The molecule has 4 aromatic rings. The third kappa shape index (κ3) is 4.59. The van der Waals surface area contributed by atoms with E-state index in [9.17, 15) is 0 Å². The SMILES string of the molecule is C=C(N)/C=C/c1cccc(C(=C)Nc2ccc(C)c(-c3nc4ccc(C)cc4[nH]3)c2)c1. The summed E-state index contributed by atoms with van der Waals surface area (Å²) >= 11 is 0. The van der Waals surface area contributed by atoms with E-state index in [2.05, 4.69) is 73.7 Å². The average Bonchev–Trinajstić information content (AvgIpc) is 3.16. The van der Waals surface area contributed by atoms with Gasteiger partial charge in [0.15, 0.2) is 0 Å². The lowest BCUT2D eigenvalue weighted by molar-refractivity contribution is 1.30. The molecule has 0 spiro atoms. The van der Waals surface area contributed by atoms with Crippen molar-refractivity contribution >= 4 is 28.5 Å². The highest BCUT2D eigenvalue weighted by Crippen LogP contribution is 2.28. The summed E-state index contributed by atoms with van der Waals surface area (Å²) in [5.74, 6) is 0.863. The molecule has 0 fully saturated rings. The zero-order valence-corrected chi connectivity index (χ0v) is 17.9. The van der Waals surface area contributed by atoms with Gasteiger partial charge in [0.05, 0.1) is 11.0 Å². The number of nitrogens with one attached hydrogen (secondary N) is 2. The van der Waals surface area contributed by atoms with Crippen LogP contribution in [-0.4, -0.2) is 9.97 Å². The zero-order chi connectivity index (χ0) is 22.0. The number of imidazole rings is 1. The average molecular weight is 407 g/mol. The Morgan fingerprint density at radius 2 is 1.87 bits per heavy atom. The number of aromatic amines is 1. The van der Waals surface area contributed by atoms with Crippen molar-refractivity contribution in [3.8, 4) is 11.4 Å². The molecule has 0 saturated carbocycles. The molecule has 1 heterocycles. The number of benzene rings is 3. The maximum Gasteiger partial charge on any atom is 0.138 e. The number of allylic oxidation sites excluding steroid dienone is 1. The van der Waals surface area contributed by atoms with E-state index >= 15 is 0 Å². The van der Waals surface area contributed by atoms with E-state index in [4.69, 9.17) is 10.7 Å². The van der Waals surface area contributed by atoms with Gasteiger partial charge in [0.25, 0.3) is 0 Å². The summed E-state index contributed by atoms with van der Waals surface area (Å²) < 4.78 is 0. The van der Waals surface area contributed by atoms with Gasteiger partial charge in [-0.15, -0.1) is 0 Å². The Kier molecular flexibility index (Phi) is 5.46. The third-order valence-corrected chi connectivity index (χ3v) is 5.15. The van der Waals surface area contributed by atoms with Gasteiger partial charge in [-0.2, -0.15) is 0 Å². The molecule has 0 saturated heterocycles. The Labute approximate surface area is 182 Å². The molecular weight excluding hydrogens is 380 g/mol. The number of nitrogens with two attached hydrogens (primary N) is 1. The van der Waals surface area contributed by atoms with E-state index in [0.717, 1.165) is 50.5 Å². The van der Waals surface area contributed by atoms with Gasteiger partial charge < -0.3 is 16.0 Å². The van der Waals surface area contributed by atoms with Crippen LogP contribution in [0.25, 0.3) is 34.2 Å². The highest BCUT2D eigenvalue weighted by atomic mass is 14.9. The normalized spacial score (nSPS) is 11.2. The lowest BCUT2D eigenvalue weighted by Crippen LogP contribution is -1.99. The lowest BCUT2D eigenvalue weighted by atomic mass is 10.1. The van der Waals surface area contributed by atoms with E-state index in [1.54, 1.807) is 6.08 Å². The van der Waals surface area contributed by atoms with Crippen LogP contribution in [0, 0.1) is 13.8 Å². The van der Waals surface area contributed by atoms with Gasteiger partial charge in [0, 0.05) is 22.6 Å². The molecule has 31 heavy (non-hydrogen) atoms. The van der Waals surface area contributed by atoms with Crippen LogP contribution in [0.1, 0.15) is 22.3 Å². The molecule has 0 unspecified atom stereocenters. The number of aromatic nitrogens is 2. The van der Waals surface area contributed by atoms with Gasteiger partial charge in [0.1, 0.15) is 5.82 Å². The number of nitrogens with zero attached hydrogens (tertiary/aromatic N) is 1. The highest BCUT2D eigenvalue weighted by molar-refractivity contribution is 5.83. The smallest absolute Gasteiger partial charge is 0.138 e. The fourth-order valence-electron chi connectivity index (χ4n) is 3.49. The van der Waals surface area contributed by atoms with Gasteiger partial charge in [0.2, 0.25) is 0 Å². The van der Waals surface area contributed by atoms with Gasteiger partial charge in [-0.05, 0) is 72.5 Å². The van der Waals surface area contributed by atoms with E-state index in [1.165, 1.54) is 5.56 Å². The van der Waals surface area contributed by atoms with Crippen molar-refractivity contribution in [1.29, 1.82) is 0 Å². The molecule has 0 bridgehead atoms. The molecule has 0 aliphatic rings. The molecule has 3 aromatic carbocycles. The topological polar surface area (TPSA) is 66.7 Å². The Hall–Kier alpha value is -4.05. The minimum Gasteiger partial charge on any atom is -0.399 e. The first kappa shape index (κ1) is 20.2. The summed E-state index contributed by atoms with van der Waals surface area (Å²) in [5, 5.41) is 3.43. The fraction of sp³-hybridized carbons (Fsp3) is 0.0741. The maximum absolute atomic E-state index is 5.63. The summed E-state index contributed by atoms with van der Waals surface area (Å²) in [7, 11) is 0. The van der Waals surface area contributed by atoms with Crippen molar-refractivity contribution in [2.45, 2.75) is 13.8 Å². The Morgan fingerprint density at radius 1 is 1.03 bits per heavy atom. The second-order valence-electron chi connectivity index (χ2n) is 7.77. The largest absolute Gasteiger partial charge is 0.399 e. The number of H-pyrrole nitrogens is 1. The van der Waals surface area contributed by atoms with Crippen LogP contribution >= 0.6 is 0 Å². The predicted molar refractivity (Wildman–Crippen MR) is 132 cm³/mol. The molecule has 4 rings (SSSR count). The van der Waals surface area contributed by atoms with E-state index < -0.39 is 0 Å². The third-order valence-electron chi connectivity index (χ3n) is 5.15. The molecule has 4 nitrogen and oxygen atoms in total. The second-order valence-corrected chi connectivity index (χ2v) is 7.77. The van der Waals surface area contributed by atoms with Crippen LogP contribution < -0.4 is 11.1 Å². The Morgan fingerprint density at radius 3 is 2.68 bits per heavy atom. The monoisotopic (exact) mass is 406 g/mol. The molecule has 4 N–H and O–H groups in total. The standard InChI is InChI=1S/C27H26N4/c1-17-8-13-25-26(14-17)31-27(30-25)24-16-23(12-9-18(24)2)29-20(4)22-7-5-6-21(15-22)11-10-19(3)28/h5-16,29H,3-4,28H2,1-2H3,(H,30,31)/b11-10+. The summed E-state index contributed by atoms with van der Waals surface area (Å²) in [4.78, 5) is 8.23. The van der Waals surface area contributed by atoms with Crippen LogP contribution in [0.2, 0.25) is 0 Å².